The van der Waals surface area contributed by atoms with Gasteiger partial charge in [0.2, 0.25) is 0 Å². The highest BCUT2D eigenvalue weighted by molar-refractivity contribution is 5.97. The number of benzene rings is 1. The molecule has 4 nitrogen and oxygen atoms in total. The second-order valence-corrected chi connectivity index (χ2v) is 4.99. The van der Waals surface area contributed by atoms with Crippen LogP contribution in [0.3, 0.4) is 0 Å². The Bertz CT molecular complexity index is 476. The van der Waals surface area contributed by atoms with E-state index in [0.29, 0.717) is 12.3 Å². The summed E-state index contributed by atoms with van der Waals surface area (Å²) in [5, 5.41) is 2.95. The van der Waals surface area contributed by atoms with E-state index in [1.165, 1.54) is 25.3 Å². The van der Waals surface area contributed by atoms with Crippen LogP contribution < -0.4 is 15.8 Å². The topological polar surface area (TPSA) is 64.3 Å². The van der Waals surface area contributed by atoms with E-state index in [1.807, 2.05) is 0 Å². The van der Waals surface area contributed by atoms with Crippen LogP contribution >= 0.6 is 12.4 Å². The fourth-order valence-electron chi connectivity index (χ4n) is 2.60. The highest BCUT2D eigenvalue weighted by Gasteiger charge is 2.34. The maximum Gasteiger partial charge on any atom is 0.255 e. The van der Waals surface area contributed by atoms with E-state index in [0.717, 1.165) is 25.7 Å². The van der Waals surface area contributed by atoms with Gasteiger partial charge in [-0.1, -0.05) is 12.8 Å². The van der Waals surface area contributed by atoms with Crippen molar-refractivity contribution >= 4 is 18.3 Å². The van der Waals surface area contributed by atoms with Crippen LogP contribution in [-0.2, 0) is 0 Å². The summed E-state index contributed by atoms with van der Waals surface area (Å²) in [6.07, 6.45) is 3.84. The maximum atomic E-state index is 13.3. The first-order valence-corrected chi connectivity index (χ1v) is 6.46. The van der Waals surface area contributed by atoms with E-state index in [2.05, 4.69) is 5.32 Å². The zero-order valence-electron chi connectivity index (χ0n) is 11.4. The van der Waals surface area contributed by atoms with Gasteiger partial charge in [0.25, 0.3) is 5.91 Å². The first kappa shape index (κ1) is 16.7. The van der Waals surface area contributed by atoms with E-state index in [-0.39, 0.29) is 29.4 Å². The first-order chi connectivity index (χ1) is 9.10. The number of carbonyl (C=O) groups is 1. The van der Waals surface area contributed by atoms with Crippen LogP contribution in [0.5, 0.6) is 5.75 Å². The Morgan fingerprint density at radius 1 is 1.45 bits per heavy atom. The van der Waals surface area contributed by atoms with Gasteiger partial charge in [-0.2, -0.15) is 0 Å². The molecule has 0 aliphatic heterocycles. The Morgan fingerprint density at radius 2 is 2.10 bits per heavy atom. The van der Waals surface area contributed by atoms with Gasteiger partial charge in [0, 0.05) is 6.54 Å². The third kappa shape index (κ3) is 3.41. The molecule has 0 spiro atoms. The molecule has 0 unspecified atom stereocenters. The number of rotatable bonds is 4. The summed E-state index contributed by atoms with van der Waals surface area (Å²) >= 11 is 0. The molecule has 0 radical (unpaired) electrons. The number of hydrogen-bond donors (Lipinski definition) is 2. The van der Waals surface area contributed by atoms with Crippen LogP contribution in [0.1, 0.15) is 36.0 Å². The molecular weight excluding hydrogens is 283 g/mol. The number of nitrogens with two attached hydrogens (primary N) is 1. The quantitative estimate of drug-likeness (QED) is 0.896. The van der Waals surface area contributed by atoms with Crippen LogP contribution in [0.4, 0.5) is 4.39 Å². The van der Waals surface area contributed by atoms with Crippen molar-refractivity contribution in [3.63, 3.8) is 0 Å². The molecule has 20 heavy (non-hydrogen) atoms. The highest BCUT2D eigenvalue weighted by Crippen LogP contribution is 2.29. The minimum atomic E-state index is -0.459. The third-order valence-corrected chi connectivity index (χ3v) is 3.74. The summed E-state index contributed by atoms with van der Waals surface area (Å²) in [4.78, 5) is 12.3. The zero-order valence-corrected chi connectivity index (χ0v) is 12.3. The predicted molar refractivity (Wildman–Crippen MR) is 77.9 cm³/mol. The van der Waals surface area contributed by atoms with E-state index in [9.17, 15) is 9.18 Å². The molecule has 112 valence electrons. The Labute approximate surface area is 124 Å². The average Bonchev–Trinajstić information content (AvgIpc) is 2.87. The van der Waals surface area contributed by atoms with Crippen molar-refractivity contribution in [1.82, 2.24) is 5.32 Å². The third-order valence-electron chi connectivity index (χ3n) is 3.74. The molecule has 1 aromatic carbocycles. The molecule has 1 fully saturated rings. The van der Waals surface area contributed by atoms with Gasteiger partial charge in [0.1, 0.15) is 11.6 Å². The summed E-state index contributed by atoms with van der Waals surface area (Å²) in [5.74, 6) is -0.424. The van der Waals surface area contributed by atoms with Crippen molar-refractivity contribution in [3.05, 3.63) is 29.6 Å². The van der Waals surface area contributed by atoms with Gasteiger partial charge in [0.05, 0.1) is 18.2 Å². The number of halogens is 2. The largest absolute Gasteiger partial charge is 0.496 e. The molecule has 1 aromatic rings. The normalized spacial score (nSPS) is 16.4. The molecule has 0 saturated heterocycles. The van der Waals surface area contributed by atoms with Gasteiger partial charge in [0.15, 0.2) is 0 Å². The summed E-state index contributed by atoms with van der Waals surface area (Å²) in [7, 11) is 1.46. The molecule has 1 saturated carbocycles. The Kier molecular flexibility index (Phi) is 5.77. The summed E-state index contributed by atoms with van der Waals surface area (Å²) in [5.41, 5.74) is 5.63. The molecule has 6 heteroatoms. The van der Waals surface area contributed by atoms with Crippen molar-refractivity contribution in [3.8, 4) is 5.75 Å². The van der Waals surface area contributed by atoms with Crippen LogP contribution in [-0.4, -0.2) is 25.1 Å². The molecule has 1 amide bonds. The van der Waals surface area contributed by atoms with Crippen LogP contribution in [0.25, 0.3) is 0 Å². The minimum absolute atomic E-state index is 0. The lowest BCUT2D eigenvalue weighted by atomic mass is 9.97. The van der Waals surface area contributed by atoms with E-state index in [1.54, 1.807) is 0 Å². The van der Waals surface area contributed by atoms with Crippen molar-refractivity contribution in [2.45, 2.75) is 31.2 Å². The van der Waals surface area contributed by atoms with Gasteiger partial charge >= 0.3 is 0 Å². The van der Waals surface area contributed by atoms with Crippen LogP contribution in [0.15, 0.2) is 18.2 Å². The number of ether oxygens (including phenoxy) is 1. The fraction of sp³-hybridized carbons (Fsp3) is 0.500. The number of nitrogens with one attached hydrogen (secondary N) is 1. The number of hydrogen-bond acceptors (Lipinski definition) is 3. The van der Waals surface area contributed by atoms with Gasteiger partial charge in [-0.3, -0.25) is 4.79 Å². The molecule has 2 rings (SSSR count). The first-order valence-electron chi connectivity index (χ1n) is 6.46. The molecule has 0 heterocycles. The lowest BCUT2D eigenvalue weighted by Crippen LogP contribution is -2.51. The molecule has 1 aliphatic rings. The monoisotopic (exact) mass is 302 g/mol. The average molecular weight is 303 g/mol. The standard InChI is InChI=1S/C14H19FN2O2.ClH/c1-19-12-5-4-10(15)8-11(12)13(18)17-14(9-16)6-2-3-7-14;/h4-5,8H,2-3,6-7,9,16H2,1H3,(H,17,18);1H. The van der Waals surface area contributed by atoms with E-state index >= 15 is 0 Å². The number of amides is 1. The summed E-state index contributed by atoms with van der Waals surface area (Å²) in [6, 6.07) is 3.91. The number of methoxy groups -OCH3 is 1. The summed E-state index contributed by atoms with van der Waals surface area (Å²) < 4.78 is 18.4. The minimum Gasteiger partial charge on any atom is -0.496 e. The van der Waals surface area contributed by atoms with E-state index < -0.39 is 5.82 Å². The van der Waals surface area contributed by atoms with Crippen molar-refractivity contribution < 1.29 is 13.9 Å². The molecule has 3 N–H and O–H groups in total. The zero-order chi connectivity index (χ0) is 13.9. The Morgan fingerprint density at radius 3 is 2.65 bits per heavy atom. The highest BCUT2D eigenvalue weighted by atomic mass is 35.5. The Hall–Kier alpha value is -1.33. The predicted octanol–water partition coefficient (Wildman–Crippen LogP) is 2.26. The van der Waals surface area contributed by atoms with Gasteiger partial charge in [-0.25, -0.2) is 4.39 Å². The molecule has 0 atom stereocenters. The van der Waals surface area contributed by atoms with Crippen LogP contribution in [0, 0.1) is 5.82 Å². The Balaban J connectivity index is 0.00000200. The van der Waals surface area contributed by atoms with Gasteiger partial charge in [-0.05, 0) is 31.0 Å². The second-order valence-electron chi connectivity index (χ2n) is 4.99. The molecule has 0 bridgehead atoms. The number of carbonyl (C=O) groups excluding carboxylic acids is 1. The van der Waals surface area contributed by atoms with Crippen molar-refractivity contribution in [2.24, 2.45) is 5.73 Å². The molecule has 1 aliphatic carbocycles. The summed E-state index contributed by atoms with van der Waals surface area (Å²) in [6.45, 7) is 0.399. The smallest absolute Gasteiger partial charge is 0.255 e. The van der Waals surface area contributed by atoms with Crippen molar-refractivity contribution in [2.75, 3.05) is 13.7 Å². The second kappa shape index (κ2) is 6.90. The maximum absolute atomic E-state index is 13.3. The van der Waals surface area contributed by atoms with E-state index in [4.69, 9.17) is 10.5 Å². The lowest BCUT2D eigenvalue weighted by molar-refractivity contribution is 0.0899. The lowest BCUT2D eigenvalue weighted by Gasteiger charge is -2.29. The molecular formula is C14H20ClFN2O2. The van der Waals surface area contributed by atoms with Gasteiger partial charge in [-0.15, -0.1) is 12.4 Å². The van der Waals surface area contributed by atoms with Crippen molar-refractivity contribution in [1.29, 1.82) is 0 Å². The SMILES string of the molecule is COc1ccc(F)cc1C(=O)NC1(CN)CCCC1.Cl. The molecule has 0 aromatic heterocycles. The van der Waals surface area contributed by atoms with Gasteiger partial charge < -0.3 is 15.8 Å². The van der Waals surface area contributed by atoms with Crippen LogP contribution in [0.2, 0.25) is 0 Å². The fourth-order valence-corrected chi connectivity index (χ4v) is 2.60.